The molecule has 0 aliphatic rings. The third-order valence-electron chi connectivity index (χ3n) is 3.25. The lowest BCUT2D eigenvalue weighted by Crippen LogP contribution is -2.55. The van der Waals surface area contributed by atoms with Crippen LogP contribution in [0.25, 0.3) is 0 Å². The SMILES string of the molecule is NC(CC(=O)O)C(=O)NCC(=O)NC(CO)C(=O)NC(CCC(=O)O)C(=O)O. The first-order valence-electron chi connectivity index (χ1n) is 7.88. The van der Waals surface area contributed by atoms with Crippen molar-refractivity contribution in [1.82, 2.24) is 16.0 Å². The number of nitrogens with two attached hydrogens (primary N) is 1. The smallest absolute Gasteiger partial charge is 0.326 e. The Morgan fingerprint density at radius 2 is 1.46 bits per heavy atom. The molecule has 0 spiro atoms. The van der Waals surface area contributed by atoms with Gasteiger partial charge in [0.05, 0.1) is 25.6 Å². The van der Waals surface area contributed by atoms with Crippen molar-refractivity contribution in [3.05, 3.63) is 0 Å². The van der Waals surface area contributed by atoms with Crippen molar-refractivity contribution in [3.8, 4) is 0 Å². The zero-order valence-electron chi connectivity index (χ0n) is 14.6. The number of carbonyl (C=O) groups is 6. The number of carboxylic acids is 3. The Morgan fingerprint density at radius 3 is 1.93 bits per heavy atom. The molecule has 9 N–H and O–H groups in total. The van der Waals surface area contributed by atoms with Crippen LogP contribution >= 0.6 is 0 Å². The lowest BCUT2D eigenvalue weighted by Gasteiger charge is -2.20. The van der Waals surface area contributed by atoms with Crippen LogP contribution in [0.5, 0.6) is 0 Å². The van der Waals surface area contributed by atoms with E-state index in [0.29, 0.717) is 0 Å². The molecular weight excluding hydrogens is 384 g/mol. The van der Waals surface area contributed by atoms with Gasteiger partial charge < -0.3 is 42.1 Å². The van der Waals surface area contributed by atoms with Crippen molar-refractivity contribution in [3.63, 3.8) is 0 Å². The zero-order chi connectivity index (χ0) is 21.9. The molecule has 0 rings (SSSR count). The highest BCUT2D eigenvalue weighted by atomic mass is 16.4. The lowest BCUT2D eigenvalue weighted by atomic mass is 10.1. The fraction of sp³-hybridized carbons (Fsp3) is 0.571. The number of carboxylic acid groups (broad SMARTS) is 3. The summed E-state index contributed by atoms with van der Waals surface area (Å²) in [5.74, 6) is -7.05. The highest BCUT2D eigenvalue weighted by Gasteiger charge is 2.27. The number of hydrogen-bond donors (Lipinski definition) is 8. The molecule has 3 amide bonds. The Hall–Kier alpha value is -3.26. The molecule has 0 saturated heterocycles. The van der Waals surface area contributed by atoms with Gasteiger partial charge in [-0.05, 0) is 6.42 Å². The van der Waals surface area contributed by atoms with E-state index in [-0.39, 0.29) is 0 Å². The van der Waals surface area contributed by atoms with Gasteiger partial charge in [-0.15, -0.1) is 0 Å². The van der Waals surface area contributed by atoms with E-state index in [2.05, 4.69) is 0 Å². The average molecular weight is 406 g/mol. The molecule has 0 radical (unpaired) electrons. The van der Waals surface area contributed by atoms with Crippen LogP contribution in [0.1, 0.15) is 19.3 Å². The molecule has 0 aliphatic carbocycles. The molecule has 3 atom stereocenters. The summed E-state index contributed by atoms with van der Waals surface area (Å²) in [5, 5.41) is 41.3. The van der Waals surface area contributed by atoms with Crippen LogP contribution in [0.4, 0.5) is 0 Å². The summed E-state index contributed by atoms with van der Waals surface area (Å²) in [7, 11) is 0. The van der Waals surface area contributed by atoms with Gasteiger partial charge in [0.1, 0.15) is 12.1 Å². The van der Waals surface area contributed by atoms with E-state index in [1.165, 1.54) is 0 Å². The van der Waals surface area contributed by atoms with Crippen LogP contribution in [0.3, 0.4) is 0 Å². The molecule has 0 saturated carbocycles. The summed E-state index contributed by atoms with van der Waals surface area (Å²) in [6.07, 6.45) is -1.61. The third kappa shape index (κ3) is 10.0. The Bertz CT molecular complexity index is 623. The van der Waals surface area contributed by atoms with Crippen LogP contribution in [0.2, 0.25) is 0 Å². The molecule has 158 valence electrons. The molecule has 28 heavy (non-hydrogen) atoms. The minimum absolute atomic E-state index is 0.417. The van der Waals surface area contributed by atoms with Crippen LogP contribution in [-0.2, 0) is 28.8 Å². The van der Waals surface area contributed by atoms with E-state index in [0.717, 1.165) is 0 Å². The second kappa shape index (κ2) is 12.2. The van der Waals surface area contributed by atoms with E-state index in [4.69, 9.17) is 21.1 Å². The number of carbonyl (C=O) groups excluding carboxylic acids is 3. The first-order valence-corrected chi connectivity index (χ1v) is 7.88. The van der Waals surface area contributed by atoms with Gasteiger partial charge in [0, 0.05) is 6.42 Å². The van der Waals surface area contributed by atoms with Crippen LogP contribution < -0.4 is 21.7 Å². The van der Waals surface area contributed by atoms with Crippen LogP contribution in [0.15, 0.2) is 0 Å². The maximum Gasteiger partial charge on any atom is 0.326 e. The van der Waals surface area contributed by atoms with Crippen LogP contribution in [-0.4, -0.2) is 87.3 Å². The first kappa shape index (κ1) is 24.7. The van der Waals surface area contributed by atoms with Crippen molar-refractivity contribution >= 4 is 35.6 Å². The molecule has 0 heterocycles. The van der Waals surface area contributed by atoms with Crippen molar-refractivity contribution < 1.29 is 49.2 Å². The van der Waals surface area contributed by atoms with Gasteiger partial charge >= 0.3 is 17.9 Å². The summed E-state index contributed by atoms with van der Waals surface area (Å²) in [6.45, 7) is -1.59. The highest BCUT2D eigenvalue weighted by molar-refractivity contribution is 5.93. The molecular formula is C14H22N4O10. The molecule has 0 bridgehead atoms. The van der Waals surface area contributed by atoms with E-state index in [9.17, 15) is 33.9 Å². The van der Waals surface area contributed by atoms with Crippen molar-refractivity contribution in [2.75, 3.05) is 13.2 Å². The zero-order valence-corrected chi connectivity index (χ0v) is 14.6. The topological polar surface area (TPSA) is 245 Å². The predicted octanol–water partition coefficient (Wildman–Crippen LogP) is -4.18. The standard InChI is InChI=1S/C14H22N4O10/c15-6(3-11(23)24)12(25)16-4-9(20)17-8(5-19)13(26)18-7(14(27)28)1-2-10(21)22/h6-8,19H,1-5,15H2,(H,16,25)(H,17,20)(H,18,26)(H,21,22)(H,23,24)(H,27,28). The molecule has 14 heteroatoms. The fourth-order valence-electron chi connectivity index (χ4n) is 1.82. The van der Waals surface area contributed by atoms with Gasteiger partial charge in [-0.1, -0.05) is 0 Å². The molecule has 0 aliphatic heterocycles. The number of hydrogen-bond acceptors (Lipinski definition) is 8. The Labute approximate surface area is 158 Å². The van der Waals surface area contributed by atoms with Crippen molar-refractivity contribution in [2.24, 2.45) is 5.73 Å². The summed E-state index contributed by atoms with van der Waals surface area (Å²) in [5.41, 5.74) is 5.29. The first-order chi connectivity index (χ1) is 13.0. The molecule has 0 aromatic carbocycles. The van der Waals surface area contributed by atoms with Crippen molar-refractivity contribution in [1.29, 1.82) is 0 Å². The predicted molar refractivity (Wildman–Crippen MR) is 88.7 cm³/mol. The van der Waals surface area contributed by atoms with Gasteiger partial charge in [-0.25, -0.2) is 4.79 Å². The summed E-state index contributed by atoms with van der Waals surface area (Å²) >= 11 is 0. The van der Waals surface area contributed by atoms with E-state index in [1.807, 2.05) is 16.0 Å². The Balaban J connectivity index is 4.64. The van der Waals surface area contributed by atoms with Gasteiger partial charge in [-0.3, -0.25) is 24.0 Å². The average Bonchev–Trinajstić information content (AvgIpc) is 2.59. The number of aliphatic hydroxyl groups is 1. The van der Waals surface area contributed by atoms with Gasteiger partial charge in [0.25, 0.3) is 0 Å². The Morgan fingerprint density at radius 1 is 0.857 bits per heavy atom. The molecule has 14 nitrogen and oxygen atoms in total. The second-order valence-electron chi connectivity index (χ2n) is 5.56. The second-order valence-corrected chi connectivity index (χ2v) is 5.56. The monoisotopic (exact) mass is 406 g/mol. The number of aliphatic carboxylic acids is 3. The van der Waals surface area contributed by atoms with Crippen molar-refractivity contribution in [2.45, 2.75) is 37.4 Å². The van der Waals surface area contributed by atoms with Crippen LogP contribution in [0, 0.1) is 0 Å². The molecule has 3 unspecified atom stereocenters. The molecule has 0 aromatic heterocycles. The van der Waals surface area contributed by atoms with Gasteiger partial charge in [0.2, 0.25) is 17.7 Å². The number of nitrogens with one attached hydrogen (secondary N) is 3. The summed E-state index contributed by atoms with van der Waals surface area (Å²) in [4.78, 5) is 67.2. The van der Waals surface area contributed by atoms with Gasteiger partial charge in [0.15, 0.2) is 0 Å². The van der Waals surface area contributed by atoms with Gasteiger partial charge in [-0.2, -0.15) is 0 Å². The maximum absolute atomic E-state index is 12.0. The van der Waals surface area contributed by atoms with E-state index < -0.39 is 86.2 Å². The number of rotatable bonds is 13. The fourth-order valence-corrected chi connectivity index (χ4v) is 1.82. The quantitative estimate of drug-likeness (QED) is 0.146. The summed E-state index contributed by atoms with van der Waals surface area (Å²) in [6, 6.07) is -4.51. The Kier molecular flexibility index (Phi) is 10.8. The highest BCUT2D eigenvalue weighted by Crippen LogP contribution is 1.99. The van der Waals surface area contributed by atoms with E-state index >= 15 is 0 Å². The maximum atomic E-state index is 12.0. The molecule has 0 aromatic rings. The lowest BCUT2D eigenvalue weighted by molar-refractivity contribution is -0.143. The van der Waals surface area contributed by atoms with E-state index in [1.54, 1.807) is 0 Å². The largest absolute Gasteiger partial charge is 0.481 e. The minimum Gasteiger partial charge on any atom is -0.481 e. The third-order valence-corrected chi connectivity index (χ3v) is 3.25. The summed E-state index contributed by atoms with van der Waals surface area (Å²) < 4.78 is 0. The number of aliphatic hydroxyl groups excluding tert-OH is 1. The minimum atomic E-state index is -1.57. The number of amides is 3. The molecule has 0 fully saturated rings. The normalized spacial score (nSPS) is 13.5.